The fourth-order valence-electron chi connectivity index (χ4n) is 10.3. The van der Waals surface area contributed by atoms with Gasteiger partial charge in [0.25, 0.3) is 6.43 Å². The van der Waals surface area contributed by atoms with E-state index in [-0.39, 0.29) is 11.5 Å². The number of fused-ring (bicyclic) bond motifs is 2. The largest absolute Gasteiger partial charge is 0.478 e. The molecule has 1 amide bonds. The van der Waals surface area contributed by atoms with E-state index >= 15 is 0 Å². The standard InChI is InChI=1S/C42H50F2N8O3/c1-27(53)50-17-11-37-36(26-50)40(51-14-3-4-29-20-34(30-24-45-47(2)25-30)35(39(43)44)21-38(29)51)46-52(37)33-22-42(23-33)12-18-49(19-13-42)32-9-15-48(16-10-32)31-7-5-28(6-8-31)41(54)55/h5-8,20-21,24-25,32-33,39H,3-4,9-19,22-23,26H2,1-2H3,(H,54,55). The summed E-state index contributed by atoms with van der Waals surface area (Å²) < 4.78 is 33.3. The molecule has 290 valence electrons. The molecule has 5 aliphatic rings. The number of likely N-dealkylation sites (tertiary alicyclic amines) is 1. The van der Waals surface area contributed by atoms with Crippen molar-refractivity contribution in [2.75, 3.05) is 49.1 Å². The number of hydrogen-bond acceptors (Lipinski definition) is 7. The maximum atomic E-state index is 14.7. The van der Waals surface area contributed by atoms with Crippen molar-refractivity contribution in [3.63, 3.8) is 0 Å². The van der Waals surface area contributed by atoms with Crippen LogP contribution in [0.3, 0.4) is 0 Å². The molecule has 0 atom stereocenters. The van der Waals surface area contributed by atoms with Crippen molar-refractivity contribution >= 4 is 29.1 Å². The number of aryl methyl sites for hydroxylation is 2. The molecule has 1 aliphatic carbocycles. The molecule has 0 radical (unpaired) electrons. The van der Waals surface area contributed by atoms with Gasteiger partial charge in [0, 0.05) is 92.6 Å². The monoisotopic (exact) mass is 752 g/mol. The van der Waals surface area contributed by atoms with Gasteiger partial charge in [-0.25, -0.2) is 13.6 Å². The Morgan fingerprint density at radius 2 is 1.69 bits per heavy atom. The summed E-state index contributed by atoms with van der Waals surface area (Å²) in [4.78, 5) is 33.0. The molecule has 0 bridgehead atoms. The Balaban J connectivity index is 0.907. The number of halogens is 2. The Kier molecular flexibility index (Phi) is 9.18. The van der Waals surface area contributed by atoms with Crippen LogP contribution in [-0.2, 0) is 31.2 Å². The predicted molar refractivity (Wildman–Crippen MR) is 206 cm³/mol. The number of hydrogen-bond donors (Lipinski definition) is 1. The molecule has 6 heterocycles. The fraction of sp³-hybridized carbons (Fsp3) is 0.524. The third kappa shape index (κ3) is 6.57. The van der Waals surface area contributed by atoms with Gasteiger partial charge >= 0.3 is 5.97 Å². The topological polar surface area (TPSA) is 103 Å². The van der Waals surface area contributed by atoms with Gasteiger partial charge in [0.1, 0.15) is 0 Å². The number of benzene rings is 2. The molecule has 0 unspecified atom stereocenters. The molecular formula is C42H50F2N8O3. The lowest BCUT2D eigenvalue weighted by Crippen LogP contribution is -2.52. The van der Waals surface area contributed by atoms with Crippen molar-refractivity contribution in [1.82, 2.24) is 29.4 Å². The number of carboxylic acid groups (broad SMARTS) is 1. The molecule has 13 heteroatoms. The van der Waals surface area contributed by atoms with Crippen LogP contribution in [0.5, 0.6) is 0 Å². The number of carboxylic acids is 1. The van der Waals surface area contributed by atoms with E-state index in [0.29, 0.717) is 53.8 Å². The van der Waals surface area contributed by atoms with Crippen LogP contribution in [0.1, 0.15) is 97.1 Å². The van der Waals surface area contributed by atoms with Gasteiger partial charge in [0.2, 0.25) is 5.91 Å². The van der Waals surface area contributed by atoms with E-state index in [0.717, 1.165) is 99.4 Å². The van der Waals surface area contributed by atoms with Gasteiger partial charge in [-0.15, -0.1) is 0 Å². The number of alkyl halides is 2. The number of anilines is 3. The second-order valence-electron chi connectivity index (χ2n) is 16.6. The number of amides is 1. The summed E-state index contributed by atoms with van der Waals surface area (Å²) in [6.45, 7) is 7.63. The summed E-state index contributed by atoms with van der Waals surface area (Å²) in [5.74, 6) is -0.0385. The molecule has 4 aliphatic heterocycles. The van der Waals surface area contributed by atoms with Gasteiger partial charge in [-0.3, -0.25) is 14.2 Å². The number of aromatic carboxylic acids is 1. The average Bonchev–Trinajstić information content (AvgIpc) is 3.79. The highest BCUT2D eigenvalue weighted by molar-refractivity contribution is 5.88. The van der Waals surface area contributed by atoms with Crippen LogP contribution >= 0.6 is 0 Å². The van der Waals surface area contributed by atoms with Gasteiger partial charge in [-0.1, -0.05) is 0 Å². The first-order valence-corrected chi connectivity index (χ1v) is 20.0. The minimum Gasteiger partial charge on any atom is -0.478 e. The highest BCUT2D eigenvalue weighted by Crippen LogP contribution is 2.56. The molecule has 11 nitrogen and oxygen atoms in total. The van der Waals surface area contributed by atoms with Crippen molar-refractivity contribution < 1.29 is 23.5 Å². The fourth-order valence-corrected chi connectivity index (χ4v) is 10.3. The lowest BCUT2D eigenvalue weighted by molar-refractivity contribution is -0.129. The van der Waals surface area contributed by atoms with Gasteiger partial charge < -0.3 is 24.7 Å². The molecule has 1 spiro atoms. The number of aromatic nitrogens is 4. The highest BCUT2D eigenvalue weighted by Gasteiger charge is 2.49. The Morgan fingerprint density at radius 3 is 2.35 bits per heavy atom. The zero-order chi connectivity index (χ0) is 38.0. The number of carbonyl (C=O) groups is 2. The molecule has 1 N–H and O–H groups in total. The first kappa shape index (κ1) is 35.9. The molecule has 2 saturated heterocycles. The summed E-state index contributed by atoms with van der Waals surface area (Å²) in [6.07, 6.45) is 9.99. The molecule has 3 fully saturated rings. The highest BCUT2D eigenvalue weighted by atomic mass is 19.3. The lowest BCUT2D eigenvalue weighted by Gasteiger charge is -2.54. The Bertz CT molecular complexity index is 2090. The normalized spacial score (nSPS) is 20.5. The first-order valence-electron chi connectivity index (χ1n) is 20.0. The van der Waals surface area contributed by atoms with Crippen molar-refractivity contribution in [2.45, 2.75) is 89.8 Å². The van der Waals surface area contributed by atoms with E-state index in [4.69, 9.17) is 5.10 Å². The minimum atomic E-state index is -2.64. The predicted octanol–water partition coefficient (Wildman–Crippen LogP) is 6.99. The van der Waals surface area contributed by atoms with Gasteiger partial charge in [-0.2, -0.15) is 10.2 Å². The summed E-state index contributed by atoms with van der Waals surface area (Å²) in [7, 11) is 1.79. The molecule has 2 aromatic carbocycles. The zero-order valence-corrected chi connectivity index (χ0v) is 31.8. The van der Waals surface area contributed by atoms with Crippen LogP contribution < -0.4 is 9.80 Å². The van der Waals surface area contributed by atoms with E-state index in [2.05, 4.69) is 24.5 Å². The number of nitrogens with zero attached hydrogens (tertiary/aromatic N) is 8. The van der Waals surface area contributed by atoms with E-state index in [1.54, 1.807) is 49.2 Å². The quantitative estimate of drug-likeness (QED) is 0.216. The van der Waals surface area contributed by atoms with E-state index in [1.807, 2.05) is 23.1 Å². The molecule has 55 heavy (non-hydrogen) atoms. The van der Waals surface area contributed by atoms with Crippen LogP contribution in [0.25, 0.3) is 11.1 Å². The van der Waals surface area contributed by atoms with Crippen molar-refractivity contribution in [1.29, 1.82) is 0 Å². The Hall–Kier alpha value is -4.78. The zero-order valence-electron chi connectivity index (χ0n) is 31.8. The van der Waals surface area contributed by atoms with E-state index in [1.165, 1.54) is 18.5 Å². The van der Waals surface area contributed by atoms with Crippen molar-refractivity contribution in [2.24, 2.45) is 12.5 Å². The molecule has 1 saturated carbocycles. The second-order valence-corrected chi connectivity index (χ2v) is 16.6. The van der Waals surface area contributed by atoms with Crippen molar-refractivity contribution in [3.05, 3.63) is 76.7 Å². The van der Waals surface area contributed by atoms with Crippen LogP contribution in [0.2, 0.25) is 0 Å². The summed E-state index contributed by atoms with van der Waals surface area (Å²) in [5.41, 5.74) is 7.03. The van der Waals surface area contributed by atoms with Crippen molar-refractivity contribution in [3.8, 4) is 11.1 Å². The smallest absolute Gasteiger partial charge is 0.335 e. The molecule has 9 rings (SSSR count). The van der Waals surface area contributed by atoms with Gasteiger partial charge in [-0.05, 0) is 117 Å². The van der Waals surface area contributed by atoms with E-state index in [9.17, 15) is 23.5 Å². The molecular weight excluding hydrogens is 703 g/mol. The van der Waals surface area contributed by atoms with Crippen LogP contribution in [0.4, 0.5) is 26.0 Å². The number of piperidine rings is 2. The molecule has 2 aromatic heterocycles. The number of rotatable bonds is 7. The summed E-state index contributed by atoms with van der Waals surface area (Å²) in [6, 6.07) is 11.7. The lowest BCUT2D eigenvalue weighted by atomic mass is 9.60. The third-order valence-corrected chi connectivity index (χ3v) is 13.4. The molecule has 4 aromatic rings. The second kappa shape index (κ2) is 14.1. The summed E-state index contributed by atoms with van der Waals surface area (Å²) in [5, 5.41) is 18.9. The van der Waals surface area contributed by atoms with E-state index < -0.39 is 12.4 Å². The third-order valence-electron chi connectivity index (χ3n) is 13.4. The first-order chi connectivity index (χ1) is 26.6. The van der Waals surface area contributed by atoms with Crippen LogP contribution in [0, 0.1) is 5.41 Å². The van der Waals surface area contributed by atoms with Crippen LogP contribution in [0.15, 0.2) is 48.8 Å². The Morgan fingerprint density at radius 1 is 0.945 bits per heavy atom. The Labute approximate surface area is 320 Å². The van der Waals surface area contributed by atoms with Crippen LogP contribution in [-0.4, -0.2) is 91.7 Å². The minimum absolute atomic E-state index is 0.00224. The average molecular weight is 753 g/mol. The van der Waals surface area contributed by atoms with Gasteiger partial charge in [0.05, 0.1) is 24.3 Å². The SMILES string of the molecule is CC(=O)N1CCc2c(c(N3CCCc4cc(-c5cnn(C)c5)c(C(F)F)cc43)nn2C2CC3(CCN(C4CCN(c5ccc(C(=O)O)cc5)CC4)CC3)C2)C1. The maximum absolute atomic E-state index is 14.7. The van der Waals surface area contributed by atoms with Gasteiger partial charge in [0.15, 0.2) is 5.82 Å². The number of carbonyl (C=O) groups excluding carboxylic acids is 1. The summed E-state index contributed by atoms with van der Waals surface area (Å²) >= 11 is 0. The maximum Gasteiger partial charge on any atom is 0.335 e.